The van der Waals surface area contributed by atoms with Gasteiger partial charge in [-0.05, 0) is 74.0 Å². The second-order valence-electron chi connectivity index (χ2n) is 8.42. The number of nitrogens with one attached hydrogen (secondary N) is 3. The fourth-order valence-corrected chi connectivity index (χ4v) is 4.26. The summed E-state index contributed by atoms with van der Waals surface area (Å²) in [7, 11) is 0. The number of aryl methyl sites for hydroxylation is 1. The Labute approximate surface area is 216 Å². The van der Waals surface area contributed by atoms with E-state index < -0.39 is 0 Å². The molecule has 8 nitrogen and oxygen atoms in total. The zero-order chi connectivity index (χ0) is 25.5. The van der Waals surface area contributed by atoms with Crippen LogP contribution in [0.1, 0.15) is 12.5 Å². The molecule has 0 radical (unpaired) electrons. The lowest BCUT2D eigenvalue weighted by Gasteiger charge is -2.36. The molecule has 188 valence electrons. The highest BCUT2D eigenvalue weighted by Gasteiger charge is 2.22. The first-order chi connectivity index (χ1) is 17.4. The number of carbonyl (C=O) groups is 2. The van der Waals surface area contributed by atoms with Gasteiger partial charge in [-0.2, -0.15) is 0 Å². The number of hydrogen-bond acceptors (Lipinski definition) is 4. The molecule has 0 atom stereocenters. The molecule has 3 N–H and O–H groups in total. The zero-order valence-corrected chi connectivity index (χ0v) is 21.1. The minimum Gasteiger partial charge on any atom is -0.494 e. The van der Waals surface area contributed by atoms with Crippen molar-refractivity contribution in [3.8, 4) is 5.75 Å². The van der Waals surface area contributed by atoms with Crippen LogP contribution in [0.3, 0.4) is 0 Å². The number of urea groups is 2. The molecular weight excluding hydrogens is 478 g/mol. The lowest BCUT2D eigenvalue weighted by molar-refractivity contribution is 0.208. The van der Waals surface area contributed by atoms with Crippen LogP contribution in [0.25, 0.3) is 0 Å². The smallest absolute Gasteiger partial charge is 0.323 e. The van der Waals surface area contributed by atoms with Crippen molar-refractivity contribution >= 4 is 46.4 Å². The Bertz CT molecular complexity index is 1170. The lowest BCUT2D eigenvalue weighted by atomic mass is 10.2. The van der Waals surface area contributed by atoms with Crippen LogP contribution in [0.4, 0.5) is 32.3 Å². The van der Waals surface area contributed by atoms with Gasteiger partial charge < -0.3 is 30.5 Å². The maximum atomic E-state index is 12.7. The molecule has 1 aliphatic heterocycles. The average Bonchev–Trinajstić information content (AvgIpc) is 2.88. The summed E-state index contributed by atoms with van der Waals surface area (Å²) < 4.78 is 5.41. The van der Waals surface area contributed by atoms with Gasteiger partial charge in [0, 0.05) is 43.2 Å². The maximum absolute atomic E-state index is 12.7. The molecule has 0 aromatic heterocycles. The molecule has 0 aliphatic carbocycles. The number of nitrogens with zero attached hydrogens (tertiary/aromatic N) is 2. The molecule has 3 aromatic carbocycles. The average molecular weight is 508 g/mol. The van der Waals surface area contributed by atoms with E-state index in [9.17, 15) is 9.59 Å². The lowest BCUT2D eigenvalue weighted by Crippen LogP contribution is -2.50. The fourth-order valence-electron chi connectivity index (χ4n) is 3.99. The molecule has 1 aliphatic rings. The predicted octanol–water partition coefficient (Wildman–Crippen LogP) is 6.05. The van der Waals surface area contributed by atoms with Crippen molar-refractivity contribution in [2.24, 2.45) is 0 Å². The summed E-state index contributed by atoms with van der Waals surface area (Å²) in [5.41, 5.74) is 3.99. The summed E-state index contributed by atoms with van der Waals surface area (Å²) in [6.45, 7) is 7.05. The van der Waals surface area contributed by atoms with E-state index in [1.807, 2.05) is 62.4 Å². The van der Waals surface area contributed by atoms with Crippen LogP contribution in [0, 0.1) is 6.92 Å². The quantitative estimate of drug-likeness (QED) is 0.379. The summed E-state index contributed by atoms with van der Waals surface area (Å²) in [5.74, 6) is 0.760. The van der Waals surface area contributed by atoms with Gasteiger partial charge in [-0.3, -0.25) is 0 Å². The highest BCUT2D eigenvalue weighted by molar-refractivity contribution is 6.33. The van der Waals surface area contributed by atoms with Crippen LogP contribution in [0.5, 0.6) is 5.75 Å². The number of ether oxygens (including phenoxy) is 1. The van der Waals surface area contributed by atoms with Crippen molar-refractivity contribution in [1.82, 2.24) is 4.90 Å². The Balaban J connectivity index is 1.26. The van der Waals surface area contributed by atoms with E-state index in [1.54, 1.807) is 23.1 Å². The number of rotatable bonds is 6. The number of benzene rings is 3. The monoisotopic (exact) mass is 507 g/mol. The molecule has 1 saturated heterocycles. The standard InChI is InChI=1S/C27H30ClN5O3/c1-3-36-23-13-9-21(10-14-23)30-26(34)29-20-7-11-22(12-8-20)32-15-17-33(18-16-32)27(35)31-25-19(2)5-4-6-24(25)28/h4-14H,3,15-18H2,1-2H3,(H,31,35)(H2,29,30,34). The Kier molecular flexibility index (Phi) is 8.17. The normalized spacial score (nSPS) is 13.2. The molecule has 0 saturated carbocycles. The van der Waals surface area contributed by atoms with Crippen molar-refractivity contribution < 1.29 is 14.3 Å². The Morgan fingerprint density at radius 2 is 1.47 bits per heavy atom. The Morgan fingerprint density at radius 1 is 0.861 bits per heavy atom. The topological polar surface area (TPSA) is 85.9 Å². The molecule has 36 heavy (non-hydrogen) atoms. The van der Waals surface area contributed by atoms with E-state index >= 15 is 0 Å². The van der Waals surface area contributed by atoms with Crippen molar-refractivity contribution in [1.29, 1.82) is 0 Å². The highest BCUT2D eigenvalue weighted by Crippen LogP contribution is 2.26. The van der Waals surface area contributed by atoms with Gasteiger partial charge in [-0.1, -0.05) is 23.7 Å². The van der Waals surface area contributed by atoms with E-state index in [1.165, 1.54) is 0 Å². The Hall–Kier alpha value is -3.91. The Morgan fingerprint density at radius 3 is 2.06 bits per heavy atom. The molecule has 4 rings (SSSR count). The minimum atomic E-state index is -0.319. The van der Waals surface area contributed by atoms with Crippen molar-refractivity contribution in [3.05, 3.63) is 77.3 Å². The highest BCUT2D eigenvalue weighted by atomic mass is 35.5. The van der Waals surface area contributed by atoms with E-state index in [0.29, 0.717) is 54.9 Å². The molecule has 3 aromatic rings. The molecule has 4 amide bonds. The van der Waals surface area contributed by atoms with Gasteiger partial charge in [0.15, 0.2) is 0 Å². The molecule has 9 heteroatoms. The van der Waals surface area contributed by atoms with Crippen molar-refractivity contribution in [2.75, 3.05) is 53.6 Å². The van der Waals surface area contributed by atoms with Crippen LogP contribution >= 0.6 is 11.6 Å². The third kappa shape index (κ3) is 6.40. The second-order valence-corrected chi connectivity index (χ2v) is 8.83. The predicted molar refractivity (Wildman–Crippen MR) is 146 cm³/mol. The van der Waals surface area contributed by atoms with E-state index in [-0.39, 0.29) is 12.1 Å². The fraction of sp³-hybridized carbons (Fsp3) is 0.259. The molecule has 0 spiro atoms. The SMILES string of the molecule is CCOc1ccc(NC(=O)Nc2ccc(N3CCN(C(=O)Nc4c(C)cccc4Cl)CC3)cc2)cc1. The van der Waals surface area contributed by atoms with Crippen LogP contribution in [0.15, 0.2) is 66.7 Å². The van der Waals surface area contributed by atoms with Gasteiger partial charge in [0.2, 0.25) is 0 Å². The van der Waals surface area contributed by atoms with Gasteiger partial charge >= 0.3 is 12.1 Å². The van der Waals surface area contributed by atoms with E-state index in [4.69, 9.17) is 16.3 Å². The second kappa shape index (κ2) is 11.7. The molecular formula is C27H30ClN5O3. The van der Waals surface area contributed by atoms with Crippen LogP contribution in [-0.2, 0) is 0 Å². The van der Waals surface area contributed by atoms with Gasteiger partial charge in [0.05, 0.1) is 17.3 Å². The van der Waals surface area contributed by atoms with Crippen molar-refractivity contribution in [2.45, 2.75) is 13.8 Å². The van der Waals surface area contributed by atoms with Crippen LogP contribution < -0.4 is 25.6 Å². The number of amides is 4. The zero-order valence-electron chi connectivity index (χ0n) is 20.4. The van der Waals surface area contributed by atoms with Crippen LogP contribution in [0.2, 0.25) is 5.02 Å². The number of hydrogen-bond donors (Lipinski definition) is 3. The number of halogens is 1. The van der Waals surface area contributed by atoms with Crippen molar-refractivity contribution in [3.63, 3.8) is 0 Å². The van der Waals surface area contributed by atoms with Gasteiger partial charge in [0.1, 0.15) is 5.75 Å². The van der Waals surface area contributed by atoms with Gasteiger partial charge in [0.25, 0.3) is 0 Å². The molecule has 0 unspecified atom stereocenters. The minimum absolute atomic E-state index is 0.149. The summed E-state index contributed by atoms with van der Waals surface area (Å²) in [6.07, 6.45) is 0. The molecule has 1 heterocycles. The third-order valence-corrected chi connectivity index (χ3v) is 6.25. The van der Waals surface area contributed by atoms with Gasteiger partial charge in [-0.25, -0.2) is 9.59 Å². The van der Waals surface area contributed by atoms with Gasteiger partial charge in [-0.15, -0.1) is 0 Å². The summed E-state index contributed by atoms with van der Waals surface area (Å²) in [5, 5.41) is 9.12. The number of carbonyl (C=O) groups excluding carboxylic acids is 2. The summed E-state index contributed by atoms with van der Waals surface area (Å²) >= 11 is 6.24. The number of para-hydroxylation sites is 1. The van der Waals surface area contributed by atoms with E-state index in [2.05, 4.69) is 20.9 Å². The van der Waals surface area contributed by atoms with E-state index in [0.717, 1.165) is 17.0 Å². The first kappa shape index (κ1) is 25.2. The summed E-state index contributed by atoms with van der Waals surface area (Å²) in [6, 6.07) is 20.0. The maximum Gasteiger partial charge on any atom is 0.323 e. The molecule has 1 fully saturated rings. The third-order valence-electron chi connectivity index (χ3n) is 5.93. The number of anilines is 4. The first-order valence-corrected chi connectivity index (χ1v) is 12.3. The number of piperazine rings is 1. The first-order valence-electron chi connectivity index (χ1n) is 11.9. The largest absolute Gasteiger partial charge is 0.494 e. The molecule has 0 bridgehead atoms. The van der Waals surface area contributed by atoms with Crippen LogP contribution in [-0.4, -0.2) is 49.7 Å². The summed E-state index contributed by atoms with van der Waals surface area (Å²) in [4.78, 5) is 29.1.